The second-order valence-corrected chi connectivity index (χ2v) is 9.18. The first-order chi connectivity index (χ1) is 14.7. The summed E-state index contributed by atoms with van der Waals surface area (Å²) in [5.41, 5.74) is -0.0893. The number of carbonyl (C=O) groups is 2. The number of anilines is 1. The number of nitrogens with zero attached hydrogens (tertiary/aromatic N) is 4. The molecule has 10 nitrogen and oxygen atoms in total. The lowest BCUT2D eigenvalue weighted by Gasteiger charge is -2.19. The van der Waals surface area contributed by atoms with E-state index in [4.69, 9.17) is 9.47 Å². The van der Waals surface area contributed by atoms with Gasteiger partial charge in [-0.25, -0.2) is 23.9 Å². The van der Waals surface area contributed by atoms with Crippen LogP contribution >= 0.6 is 0 Å². The van der Waals surface area contributed by atoms with E-state index in [0.29, 0.717) is 23.5 Å². The average molecular weight is 451 g/mol. The Morgan fingerprint density at radius 3 is 2.28 bits per heavy atom. The zero-order valence-electron chi connectivity index (χ0n) is 19.8. The van der Waals surface area contributed by atoms with Gasteiger partial charge >= 0.3 is 12.2 Å². The second-order valence-electron chi connectivity index (χ2n) is 9.18. The van der Waals surface area contributed by atoms with E-state index in [1.165, 1.54) is 0 Å². The molecule has 1 amide bonds. The van der Waals surface area contributed by atoms with Gasteiger partial charge in [0.25, 0.3) is 0 Å². The molecule has 0 saturated heterocycles. The van der Waals surface area contributed by atoms with E-state index >= 15 is 0 Å². The Balaban J connectivity index is 2.14. The highest BCUT2D eigenvalue weighted by atomic mass is 19.1. The number of ether oxygens (including phenoxy) is 2. The summed E-state index contributed by atoms with van der Waals surface area (Å²) in [5, 5.41) is 9.72. The van der Waals surface area contributed by atoms with Crippen molar-refractivity contribution in [3.05, 3.63) is 23.4 Å². The highest BCUT2D eigenvalue weighted by molar-refractivity contribution is 5.76. The molecule has 0 unspecified atom stereocenters. The van der Waals surface area contributed by atoms with Crippen LogP contribution in [0.1, 0.15) is 52.9 Å². The summed E-state index contributed by atoms with van der Waals surface area (Å²) < 4.78 is 26.2. The van der Waals surface area contributed by atoms with Crippen LogP contribution in [-0.4, -0.2) is 56.2 Å². The molecular weight excluding hydrogens is 419 g/mol. The van der Waals surface area contributed by atoms with E-state index < -0.39 is 29.2 Å². The molecule has 0 atom stereocenters. The van der Waals surface area contributed by atoms with E-state index in [2.05, 4.69) is 25.7 Å². The van der Waals surface area contributed by atoms with Crippen molar-refractivity contribution in [3.63, 3.8) is 0 Å². The van der Waals surface area contributed by atoms with Crippen molar-refractivity contribution in [2.24, 2.45) is 0 Å². The highest BCUT2D eigenvalue weighted by Gasteiger charge is 2.25. The monoisotopic (exact) mass is 450 g/mol. The van der Waals surface area contributed by atoms with Gasteiger partial charge in [0.05, 0.1) is 17.6 Å². The first-order valence-corrected chi connectivity index (χ1v) is 10.2. The fourth-order valence-electron chi connectivity index (χ4n) is 2.75. The van der Waals surface area contributed by atoms with Crippen LogP contribution in [0.3, 0.4) is 0 Å². The van der Waals surface area contributed by atoms with Crippen molar-refractivity contribution < 1.29 is 23.5 Å². The summed E-state index contributed by atoms with van der Waals surface area (Å²) in [7, 11) is 0. The van der Waals surface area contributed by atoms with Crippen molar-refractivity contribution in [2.75, 3.05) is 18.4 Å². The van der Waals surface area contributed by atoms with Gasteiger partial charge in [0.1, 0.15) is 16.9 Å². The molecule has 0 aromatic carbocycles. The Morgan fingerprint density at radius 1 is 1.06 bits per heavy atom. The van der Waals surface area contributed by atoms with E-state index in [9.17, 15) is 14.0 Å². The standard InChI is InChI=1S/C21H31FN6O4/c1-12-15(13(2)28(27-12)19(30)32-21(6,7)8)16-14(22)11-25-17(26-16)23-9-10-24-18(29)31-20(3,4)5/h11H,9-10H2,1-8H3,(H,24,29)(H,23,25,26). The SMILES string of the molecule is Cc1nn(C(=O)OC(C)(C)C)c(C)c1-c1nc(NCCNC(=O)OC(C)(C)C)ncc1F. The van der Waals surface area contributed by atoms with E-state index in [-0.39, 0.29) is 18.2 Å². The van der Waals surface area contributed by atoms with Gasteiger partial charge in [-0.3, -0.25) is 0 Å². The summed E-state index contributed by atoms with van der Waals surface area (Å²) in [5.74, 6) is -0.492. The first kappa shape index (κ1) is 25.0. The lowest BCUT2D eigenvalue weighted by Crippen LogP contribution is -2.35. The molecule has 2 aromatic rings. The van der Waals surface area contributed by atoms with E-state index in [1.54, 1.807) is 55.4 Å². The molecule has 0 aliphatic rings. The van der Waals surface area contributed by atoms with Gasteiger partial charge in [0.15, 0.2) is 5.82 Å². The van der Waals surface area contributed by atoms with Crippen LogP contribution in [0.25, 0.3) is 11.3 Å². The summed E-state index contributed by atoms with van der Waals surface area (Å²) in [4.78, 5) is 32.3. The summed E-state index contributed by atoms with van der Waals surface area (Å²) >= 11 is 0. The van der Waals surface area contributed by atoms with Crippen molar-refractivity contribution in [1.82, 2.24) is 25.1 Å². The molecule has 2 heterocycles. The normalized spacial score (nSPS) is 11.8. The zero-order valence-corrected chi connectivity index (χ0v) is 19.8. The largest absolute Gasteiger partial charge is 0.444 e. The van der Waals surface area contributed by atoms with Crippen LogP contribution < -0.4 is 10.6 Å². The predicted molar refractivity (Wildman–Crippen MR) is 117 cm³/mol. The Kier molecular flexibility index (Phi) is 7.42. The first-order valence-electron chi connectivity index (χ1n) is 10.2. The van der Waals surface area contributed by atoms with Crippen LogP contribution in [0.4, 0.5) is 19.9 Å². The van der Waals surface area contributed by atoms with Crippen LogP contribution in [-0.2, 0) is 9.47 Å². The van der Waals surface area contributed by atoms with Crippen LogP contribution in [0.5, 0.6) is 0 Å². The minimum atomic E-state index is -0.700. The molecule has 2 N–H and O–H groups in total. The number of hydrogen-bond acceptors (Lipinski definition) is 8. The molecule has 32 heavy (non-hydrogen) atoms. The smallest absolute Gasteiger partial charge is 0.435 e. The van der Waals surface area contributed by atoms with E-state index in [1.807, 2.05) is 0 Å². The topological polar surface area (TPSA) is 120 Å². The van der Waals surface area contributed by atoms with Gasteiger partial charge in [0, 0.05) is 18.7 Å². The molecule has 0 bridgehead atoms. The lowest BCUT2D eigenvalue weighted by atomic mass is 10.1. The minimum absolute atomic E-state index is 0.00686. The zero-order chi connectivity index (χ0) is 24.3. The molecule has 2 aromatic heterocycles. The molecule has 11 heteroatoms. The Morgan fingerprint density at radius 2 is 1.69 bits per heavy atom. The van der Waals surface area contributed by atoms with Gasteiger partial charge < -0.3 is 20.1 Å². The molecule has 0 aliphatic heterocycles. The maximum absolute atomic E-state index is 14.6. The molecule has 176 valence electrons. The predicted octanol–water partition coefficient (Wildman–Crippen LogP) is 3.82. The summed E-state index contributed by atoms with van der Waals surface area (Å²) in [6, 6.07) is 0. The molecule has 0 fully saturated rings. The number of alkyl carbamates (subject to hydrolysis) is 1. The number of nitrogens with one attached hydrogen (secondary N) is 2. The number of rotatable bonds is 5. The summed E-state index contributed by atoms with van der Waals surface area (Å²) in [6.45, 7) is 14.4. The van der Waals surface area contributed by atoms with Gasteiger partial charge in [0.2, 0.25) is 5.95 Å². The number of aromatic nitrogens is 4. The lowest BCUT2D eigenvalue weighted by molar-refractivity contribution is 0.0505. The fraction of sp³-hybridized carbons (Fsp3) is 0.571. The van der Waals surface area contributed by atoms with Crippen molar-refractivity contribution in [3.8, 4) is 11.3 Å². The molecule has 0 saturated carbocycles. The van der Waals surface area contributed by atoms with Gasteiger partial charge in [-0.1, -0.05) is 0 Å². The van der Waals surface area contributed by atoms with Crippen molar-refractivity contribution in [1.29, 1.82) is 0 Å². The van der Waals surface area contributed by atoms with Crippen LogP contribution in [0.2, 0.25) is 0 Å². The fourth-order valence-corrected chi connectivity index (χ4v) is 2.75. The third kappa shape index (κ3) is 6.89. The number of amides is 1. The number of halogens is 1. The molecular formula is C21H31FN6O4. The Labute approximate surface area is 186 Å². The minimum Gasteiger partial charge on any atom is -0.444 e. The van der Waals surface area contributed by atoms with Gasteiger partial charge in [-0.05, 0) is 55.4 Å². The molecule has 0 aliphatic carbocycles. The number of hydrogen-bond donors (Lipinski definition) is 2. The highest BCUT2D eigenvalue weighted by Crippen LogP contribution is 2.28. The van der Waals surface area contributed by atoms with Crippen LogP contribution in [0.15, 0.2) is 6.20 Å². The quantitative estimate of drug-likeness (QED) is 0.660. The summed E-state index contributed by atoms with van der Waals surface area (Å²) in [6.07, 6.45) is -0.165. The third-order valence-electron chi connectivity index (χ3n) is 3.91. The van der Waals surface area contributed by atoms with Crippen molar-refractivity contribution in [2.45, 2.75) is 66.6 Å². The molecule has 0 spiro atoms. The maximum Gasteiger partial charge on any atom is 0.435 e. The Hall–Kier alpha value is -3.24. The molecule has 2 rings (SSSR count). The van der Waals surface area contributed by atoms with E-state index in [0.717, 1.165) is 10.9 Å². The number of aryl methyl sites for hydroxylation is 1. The maximum atomic E-state index is 14.6. The average Bonchev–Trinajstić information content (AvgIpc) is 2.92. The number of carbonyl (C=O) groups excluding carboxylic acids is 2. The van der Waals surface area contributed by atoms with Gasteiger partial charge in [-0.2, -0.15) is 9.78 Å². The van der Waals surface area contributed by atoms with Crippen molar-refractivity contribution >= 4 is 18.1 Å². The molecule has 0 radical (unpaired) electrons. The Bertz CT molecular complexity index is 991. The third-order valence-corrected chi connectivity index (χ3v) is 3.91. The van der Waals surface area contributed by atoms with Crippen LogP contribution in [0, 0.1) is 19.7 Å². The van der Waals surface area contributed by atoms with Gasteiger partial charge in [-0.15, -0.1) is 0 Å². The second kappa shape index (κ2) is 9.49.